The molecule has 30 heavy (non-hydrogen) atoms. The van der Waals surface area contributed by atoms with Crippen molar-refractivity contribution in [1.82, 2.24) is 4.90 Å². The van der Waals surface area contributed by atoms with Crippen LogP contribution in [0.4, 0.5) is 5.69 Å². The summed E-state index contributed by atoms with van der Waals surface area (Å²) >= 11 is 0. The first-order valence-corrected chi connectivity index (χ1v) is 9.78. The van der Waals surface area contributed by atoms with Gasteiger partial charge in [-0.05, 0) is 36.8 Å². The van der Waals surface area contributed by atoms with Crippen LogP contribution in [0.15, 0.2) is 71.1 Å². The van der Waals surface area contributed by atoms with Crippen LogP contribution in [-0.4, -0.2) is 29.2 Å². The lowest BCUT2D eigenvalue weighted by Gasteiger charge is -2.13. The molecular formula is C24H18N2O4. The van der Waals surface area contributed by atoms with E-state index < -0.39 is 0 Å². The van der Waals surface area contributed by atoms with E-state index in [0.717, 1.165) is 16.4 Å². The molecule has 1 aromatic heterocycles. The normalized spacial score (nSPS) is 13.3. The van der Waals surface area contributed by atoms with Crippen molar-refractivity contribution < 1.29 is 18.8 Å². The van der Waals surface area contributed by atoms with E-state index in [4.69, 9.17) is 4.42 Å². The molecule has 3 amide bonds. The first-order valence-electron chi connectivity index (χ1n) is 9.78. The smallest absolute Gasteiger partial charge is 0.261 e. The zero-order valence-electron chi connectivity index (χ0n) is 16.1. The number of anilines is 1. The average Bonchev–Trinajstić information content (AvgIpc) is 3.24. The van der Waals surface area contributed by atoms with E-state index in [1.807, 2.05) is 36.4 Å². The molecule has 0 atom stereocenters. The van der Waals surface area contributed by atoms with Gasteiger partial charge in [-0.2, -0.15) is 0 Å². The van der Waals surface area contributed by atoms with Crippen LogP contribution in [0.3, 0.4) is 0 Å². The van der Waals surface area contributed by atoms with E-state index in [2.05, 4.69) is 5.32 Å². The predicted molar refractivity (Wildman–Crippen MR) is 113 cm³/mol. The number of benzene rings is 3. The number of hydrogen-bond donors (Lipinski definition) is 1. The van der Waals surface area contributed by atoms with Gasteiger partial charge in [0.1, 0.15) is 11.2 Å². The molecule has 6 nitrogen and oxygen atoms in total. The lowest BCUT2D eigenvalue weighted by molar-refractivity contribution is -0.116. The first kappa shape index (κ1) is 18.1. The number of amides is 3. The van der Waals surface area contributed by atoms with E-state index in [1.54, 1.807) is 30.3 Å². The summed E-state index contributed by atoms with van der Waals surface area (Å²) in [5.74, 6) is -0.778. The topological polar surface area (TPSA) is 79.6 Å². The maximum absolute atomic E-state index is 12.4. The zero-order chi connectivity index (χ0) is 20.7. The fraction of sp³-hybridized carbons (Fsp3) is 0.125. The van der Waals surface area contributed by atoms with Gasteiger partial charge in [0.2, 0.25) is 5.91 Å². The highest BCUT2D eigenvalue weighted by atomic mass is 16.3. The molecule has 0 saturated heterocycles. The van der Waals surface area contributed by atoms with Crippen molar-refractivity contribution in [3.8, 4) is 0 Å². The fourth-order valence-corrected chi connectivity index (χ4v) is 3.87. The van der Waals surface area contributed by atoms with Crippen LogP contribution in [0.25, 0.3) is 21.9 Å². The molecule has 0 bridgehead atoms. The number of imide groups is 1. The summed E-state index contributed by atoms with van der Waals surface area (Å²) in [6.45, 7) is 0.211. The van der Waals surface area contributed by atoms with Gasteiger partial charge in [-0.1, -0.05) is 30.3 Å². The number of carbonyl (C=O) groups excluding carboxylic acids is 3. The van der Waals surface area contributed by atoms with Gasteiger partial charge in [-0.15, -0.1) is 0 Å². The van der Waals surface area contributed by atoms with Gasteiger partial charge >= 0.3 is 0 Å². The second-order valence-electron chi connectivity index (χ2n) is 7.27. The predicted octanol–water partition coefficient (Wildman–Crippen LogP) is 4.60. The van der Waals surface area contributed by atoms with Gasteiger partial charge in [0, 0.05) is 35.5 Å². The Balaban J connectivity index is 1.21. The third kappa shape index (κ3) is 3.03. The summed E-state index contributed by atoms with van der Waals surface area (Å²) in [5, 5.41) is 4.88. The third-order valence-electron chi connectivity index (χ3n) is 5.33. The third-order valence-corrected chi connectivity index (χ3v) is 5.33. The van der Waals surface area contributed by atoms with E-state index in [9.17, 15) is 14.4 Å². The first-order chi connectivity index (χ1) is 14.6. The number of nitrogens with zero attached hydrogens (tertiary/aromatic N) is 1. The standard InChI is InChI=1S/C24H18N2O4/c27-22(10-5-13-26-23(28)18-7-1-2-8-19(18)24(26)29)25-15-11-12-17-16-6-3-4-9-20(16)30-21(17)14-15/h1-4,6-9,11-12,14H,5,10,13H2,(H,25,27). The van der Waals surface area contributed by atoms with E-state index >= 15 is 0 Å². The maximum Gasteiger partial charge on any atom is 0.261 e. The maximum atomic E-state index is 12.4. The van der Waals surface area contributed by atoms with Crippen molar-refractivity contribution >= 4 is 45.3 Å². The quantitative estimate of drug-likeness (QED) is 0.498. The molecule has 6 heteroatoms. The SMILES string of the molecule is O=C(CCCN1C(=O)c2ccccc2C1=O)Nc1ccc2c(c1)oc1ccccc12. The van der Waals surface area contributed by atoms with Crippen LogP contribution in [0.1, 0.15) is 33.6 Å². The summed E-state index contributed by atoms with van der Waals surface area (Å²) < 4.78 is 5.84. The molecule has 1 N–H and O–H groups in total. The summed E-state index contributed by atoms with van der Waals surface area (Å²) in [4.78, 5) is 38.3. The second-order valence-corrected chi connectivity index (χ2v) is 7.27. The number of carbonyl (C=O) groups is 3. The lowest BCUT2D eigenvalue weighted by atomic mass is 10.1. The molecule has 148 valence electrons. The minimum absolute atomic E-state index is 0.179. The molecule has 5 rings (SSSR count). The molecule has 0 radical (unpaired) electrons. The number of para-hydroxylation sites is 1. The van der Waals surface area contributed by atoms with Gasteiger partial charge in [0.05, 0.1) is 11.1 Å². The Morgan fingerprint density at radius 3 is 2.27 bits per heavy atom. The molecule has 0 fully saturated rings. The van der Waals surface area contributed by atoms with Crippen LogP contribution >= 0.6 is 0 Å². The van der Waals surface area contributed by atoms with Gasteiger partial charge in [-0.25, -0.2) is 0 Å². The Morgan fingerprint density at radius 1 is 0.833 bits per heavy atom. The zero-order valence-corrected chi connectivity index (χ0v) is 16.1. The molecule has 0 unspecified atom stereocenters. The molecule has 0 spiro atoms. The van der Waals surface area contributed by atoms with Gasteiger partial charge in [0.15, 0.2) is 0 Å². The van der Waals surface area contributed by atoms with Crippen molar-refractivity contribution in [2.75, 3.05) is 11.9 Å². The molecule has 3 aromatic carbocycles. The van der Waals surface area contributed by atoms with Crippen molar-refractivity contribution in [3.05, 3.63) is 77.9 Å². The molecule has 0 aliphatic carbocycles. The highest BCUT2D eigenvalue weighted by Gasteiger charge is 2.34. The van der Waals surface area contributed by atoms with Crippen LogP contribution in [0, 0.1) is 0 Å². The van der Waals surface area contributed by atoms with Crippen molar-refractivity contribution in [2.45, 2.75) is 12.8 Å². The number of fused-ring (bicyclic) bond motifs is 4. The fourth-order valence-electron chi connectivity index (χ4n) is 3.87. The van der Waals surface area contributed by atoms with Crippen LogP contribution in [-0.2, 0) is 4.79 Å². The molecule has 0 saturated carbocycles. The molecular weight excluding hydrogens is 380 g/mol. The second kappa shape index (κ2) is 7.15. The Hall–Kier alpha value is -3.93. The summed E-state index contributed by atoms with van der Waals surface area (Å²) in [6, 6.07) is 20.1. The lowest BCUT2D eigenvalue weighted by Crippen LogP contribution is -2.31. The van der Waals surface area contributed by atoms with E-state index in [1.165, 1.54) is 4.90 Å². The average molecular weight is 398 g/mol. The van der Waals surface area contributed by atoms with Crippen LogP contribution in [0.2, 0.25) is 0 Å². The largest absolute Gasteiger partial charge is 0.456 e. The number of nitrogens with one attached hydrogen (secondary N) is 1. The van der Waals surface area contributed by atoms with Gasteiger partial charge in [-0.3, -0.25) is 19.3 Å². The number of hydrogen-bond acceptors (Lipinski definition) is 4. The highest BCUT2D eigenvalue weighted by Crippen LogP contribution is 2.30. The highest BCUT2D eigenvalue weighted by molar-refractivity contribution is 6.21. The Morgan fingerprint density at radius 2 is 1.50 bits per heavy atom. The molecule has 2 heterocycles. The molecule has 1 aliphatic rings. The van der Waals surface area contributed by atoms with Gasteiger partial charge in [0.25, 0.3) is 11.8 Å². The van der Waals surface area contributed by atoms with Crippen LogP contribution < -0.4 is 5.32 Å². The minimum atomic E-state index is -0.300. The van der Waals surface area contributed by atoms with Crippen LogP contribution in [0.5, 0.6) is 0 Å². The Kier molecular flexibility index (Phi) is 4.32. The van der Waals surface area contributed by atoms with Crippen molar-refractivity contribution in [1.29, 1.82) is 0 Å². The van der Waals surface area contributed by atoms with Crippen molar-refractivity contribution in [2.24, 2.45) is 0 Å². The Labute approximate surface area is 172 Å². The summed E-state index contributed by atoms with van der Waals surface area (Å²) in [6.07, 6.45) is 0.593. The monoisotopic (exact) mass is 398 g/mol. The minimum Gasteiger partial charge on any atom is -0.456 e. The molecule has 1 aliphatic heterocycles. The summed E-state index contributed by atoms with van der Waals surface area (Å²) in [5.41, 5.74) is 3.00. The van der Waals surface area contributed by atoms with E-state index in [0.29, 0.717) is 28.8 Å². The Bertz CT molecular complexity index is 1290. The van der Waals surface area contributed by atoms with Gasteiger partial charge < -0.3 is 9.73 Å². The summed E-state index contributed by atoms with van der Waals surface area (Å²) in [7, 11) is 0. The molecule has 4 aromatic rings. The van der Waals surface area contributed by atoms with Crippen molar-refractivity contribution in [3.63, 3.8) is 0 Å². The number of rotatable bonds is 5. The number of furan rings is 1. The van der Waals surface area contributed by atoms with E-state index in [-0.39, 0.29) is 30.7 Å².